The Balaban J connectivity index is 1.78. The van der Waals surface area contributed by atoms with Crippen LogP contribution in [0.25, 0.3) is 10.9 Å². The summed E-state index contributed by atoms with van der Waals surface area (Å²) in [6.45, 7) is 3.34. The number of carbonyl (C=O) groups excluding carboxylic acids is 2. The minimum atomic E-state index is -1.19. The lowest BCUT2D eigenvalue weighted by atomic mass is 10.1. The quantitative estimate of drug-likeness (QED) is 0.346. The topological polar surface area (TPSA) is 65.6 Å². The molecule has 8 heteroatoms. The lowest BCUT2D eigenvalue weighted by molar-refractivity contribution is -0.140. The molecule has 6 nitrogen and oxygen atoms in total. The van der Waals surface area contributed by atoms with Gasteiger partial charge in [0.25, 0.3) is 5.91 Å². The van der Waals surface area contributed by atoms with Crippen LogP contribution in [0.5, 0.6) is 5.75 Å². The molecule has 2 aromatic carbocycles. The number of hydrogen-bond acceptors (Lipinski definition) is 3. The molecule has 0 saturated carbocycles. The molecule has 3 aromatic rings. The zero-order chi connectivity index (χ0) is 24.5. The van der Waals surface area contributed by atoms with Crippen LogP contribution in [0.15, 0.2) is 54.7 Å². The summed E-state index contributed by atoms with van der Waals surface area (Å²) < 4.78 is 5.24. The van der Waals surface area contributed by atoms with E-state index < -0.39 is 10.7 Å². The van der Waals surface area contributed by atoms with Gasteiger partial charge in [0, 0.05) is 36.7 Å². The third kappa shape index (κ3) is 6.90. The standard InChI is InChI=1S/C26H31Cl2N3O3/c1-3-4-14-31(26(33)25(27)28)18-24(32)30(17-19-9-11-21(34-2)12-10-19)15-13-20-16-29-23-8-6-5-7-22(20)23/h5-12,16,25,29H,3-4,13-15,17-18H2,1-2H3. The van der Waals surface area contributed by atoms with Gasteiger partial charge in [-0.2, -0.15) is 0 Å². The maximum atomic E-state index is 13.4. The van der Waals surface area contributed by atoms with Crippen LogP contribution in [-0.4, -0.2) is 58.2 Å². The monoisotopic (exact) mass is 503 g/mol. The Kier molecular flexibility index (Phi) is 9.66. The summed E-state index contributed by atoms with van der Waals surface area (Å²) in [5.41, 5.74) is 3.19. The van der Waals surface area contributed by atoms with Gasteiger partial charge in [0.1, 0.15) is 5.75 Å². The predicted molar refractivity (Wildman–Crippen MR) is 137 cm³/mol. The van der Waals surface area contributed by atoms with E-state index in [-0.39, 0.29) is 12.5 Å². The van der Waals surface area contributed by atoms with Gasteiger partial charge in [0.2, 0.25) is 5.91 Å². The fourth-order valence-corrected chi connectivity index (χ4v) is 4.13. The molecule has 0 atom stereocenters. The SMILES string of the molecule is CCCCN(CC(=O)N(CCc1c[nH]c2ccccc12)Cc1ccc(OC)cc1)C(=O)C(Cl)Cl. The lowest BCUT2D eigenvalue weighted by Crippen LogP contribution is -2.45. The molecular weight excluding hydrogens is 473 g/mol. The summed E-state index contributed by atoms with van der Waals surface area (Å²) in [5.74, 6) is 0.173. The van der Waals surface area contributed by atoms with E-state index in [1.54, 1.807) is 12.0 Å². The fourth-order valence-electron chi connectivity index (χ4n) is 3.85. The van der Waals surface area contributed by atoms with Crippen molar-refractivity contribution in [1.82, 2.24) is 14.8 Å². The van der Waals surface area contributed by atoms with Crippen molar-refractivity contribution in [3.63, 3.8) is 0 Å². The van der Waals surface area contributed by atoms with Crippen LogP contribution in [0.3, 0.4) is 0 Å². The molecule has 0 unspecified atom stereocenters. The molecule has 0 radical (unpaired) electrons. The van der Waals surface area contributed by atoms with Crippen LogP contribution in [-0.2, 0) is 22.6 Å². The number of benzene rings is 2. The molecule has 0 spiro atoms. The molecule has 1 N–H and O–H groups in total. The molecule has 0 saturated heterocycles. The average molecular weight is 504 g/mol. The van der Waals surface area contributed by atoms with E-state index in [1.165, 1.54) is 4.90 Å². The maximum Gasteiger partial charge on any atom is 0.256 e. The first kappa shape index (κ1) is 25.9. The number of unbranched alkanes of at least 4 members (excludes halogenated alkanes) is 1. The molecule has 34 heavy (non-hydrogen) atoms. The Morgan fingerprint density at radius 1 is 1.03 bits per heavy atom. The third-order valence-corrected chi connectivity index (χ3v) is 6.19. The summed E-state index contributed by atoms with van der Waals surface area (Å²) in [4.78, 5) is 31.3. The highest BCUT2D eigenvalue weighted by Gasteiger charge is 2.25. The molecule has 0 aliphatic heterocycles. The number of fused-ring (bicyclic) bond motifs is 1. The summed E-state index contributed by atoms with van der Waals surface area (Å²) in [5, 5.41) is 1.14. The highest BCUT2D eigenvalue weighted by molar-refractivity contribution is 6.53. The molecular formula is C26H31Cl2N3O3. The number of para-hydroxylation sites is 1. The van der Waals surface area contributed by atoms with Crippen LogP contribution in [0.1, 0.15) is 30.9 Å². The maximum absolute atomic E-state index is 13.4. The van der Waals surface area contributed by atoms with E-state index in [1.807, 2.05) is 55.6 Å². The van der Waals surface area contributed by atoms with E-state index in [0.29, 0.717) is 26.1 Å². The molecule has 182 valence electrons. The van der Waals surface area contributed by atoms with Gasteiger partial charge in [-0.15, -0.1) is 0 Å². The van der Waals surface area contributed by atoms with Crippen molar-refractivity contribution in [2.24, 2.45) is 0 Å². The molecule has 1 heterocycles. The second-order valence-electron chi connectivity index (χ2n) is 8.19. The number of carbonyl (C=O) groups is 2. The Morgan fingerprint density at radius 2 is 1.76 bits per heavy atom. The largest absolute Gasteiger partial charge is 0.497 e. The van der Waals surface area contributed by atoms with E-state index in [2.05, 4.69) is 11.1 Å². The van der Waals surface area contributed by atoms with Gasteiger partial charge in [-0.25, -0.2) is 0 Å². The average Bonchev–Trinajstić information content (AvgIpc) is 3.27. The van der Waals surface area contributed by atoms with Crippen molar-refractivity contribution in [2.45, 2.75) is 37.6 Å². The molecule has 0 aliphatic carbocycles. The summed E-state index contributed by atoms with van der Waals surface area (Å²) >= 11 is 11.7. The highest BCUT2D eigenvalue weighted by atomic mass is 35.5. The zero-order valence-corrected chi connectivity index (χ0v) is 21.1. The first-order valence-electron chi connectivity index (χ1n) is 11.5. The second-order valence-corrected chi connectivity index (χ2v) is 9.28. The highest BCUT2D eigenvalue weighted by Crippen LogP contribution is 2.20. The molecule has 1 aromatic heterocycles. The van der Waals surface area contributed by atoms with Crippen molar-refractivity contribution in [3.8, 4) is 5.75 Å². The Bertz CT molecular complexity index is 1080. The van der Waals surface area contributed by atoms with Gasteiger partial charge in [-0.1, -0.05) is 66.9 Å². The normalized spacial score (nSPS) is 11.1. The van der Waals surface area contributed by atoms with Crippen molar-refractivity contribution in [3.05, 3.63) is 65.9 Å². The fraction of sp³-hybridized carbons (Fsp3) is 0.385. The number of nitrogens with zero attached hydrogens (tertiary/aromatic N) is 2. The molecule has 2 amide bonds. The number of amides is 2. The second kappa shape index (κ2) is 12.7. The smallest absolute Gasteiger partial charge is 0.256 e. The number of hydrogen-bond donors (Lipinski definition) is 1. The van der Waals surface area contributed by atoms with Gasteiger partial charge in [0.15, 0.2) is 4.84 Å². The number of methoxy groups -OCH3 is 1. The lowest BCUT2D eigenvalue weighted by Gasteiger charge is -2.28. The van der Waals surface area contributed by atoms with Gasteiger partial charge in [0.05, 0.1) is 13.7 Å². The zero-order valence-electron chi connectivity index (χ0n) is 19.6. The van der Waals surface area contributed by atoms with Crippen molar-refractivity contribution in [2.75, 3.05) is 26.7 Å². The van der Waals surface area contributed by atoms with Gasteiger partial charge in [-0.05, 0) is 42.2 Å². The summed E-state index contributed by atoms with van der Waals surface area (Å²) in [6, 6.07) is 15.7. The van der Waals surface area contributed by atoms with Gasteiger partial charge >= 0.3 is 0 Å². The number of nitrogens with one attached hydrogen (secondary N) is 1. The number of H-pyrrole nitrogens is 1. The number of alkyl halides is 2. The molecule has 0 fully saturated rings. The van der Waals surface area contributed by atoms with E-state index in [4.69, 9.17) is 27.9 Å². The van der Waals surface area contributed by atoms with Crippen LogP contribution >= 0.6 is 23.2 Å². The van der Waals surface area contributed by atoms with Gasteiger partial charge < -0.3 is 19.5 Å². The van der Waals surface area contributed by atoms with Crippen LogP contribution in [0.4, 0.5) is 0 Å². The van der Waals surface area contributed by atoms with Crippen LogP contribution in [0, 0.1) is 0 Å². The third-order valence-electron chi connectivity index (χ3n) is 5.82. The Hall–Kier alpha value is -2.70. The number of halogens is 2. The number of aromatic amines is 1. The number of ether oxygens (including phenoxy) is 1. The molecule has 0 bridgehead atoms. The van der Waals surface area contributed by atoms with E-state index in [9.17, 15) is 9.59 Å². The van der Waals surface area contributed by atoms with E-state index in [0.717, 1.165) is 40.6 Å². The molecule has 3 rings (SSSR count). The Labute approximate surface area is 210 Å². The summed E-state index contributed by atoms with van der Waals surface area (Å²) in [6.07, 6.45) is 4.34. The van der Waals surface area contributed by atoms with Crippen molar-refractivity contribution >= 4 is 45.9 Å². The van der Waals surface area contributed by atoms with Crippen molar-refractivity contribution < 1.29 is 14.3 Å². The van der Waals surface area contributed by atoms with Crippen LogP contribution in [0.2, 0.25) is 0 Å². The van der Waals surface area contributed by atoms with Crippen LogP contribution < -0.4 is 4.74 Å². The first-order chi connectivity index (χ1) is 16.4. The number of rotatable bonds is 12. The minimum Gasteiger partial charge on any atom is -0.497 e. The minimum absolute atomic E-state index is 0.0567. The van der Waals surface area contributed by atoms with E-state index >= 15 is 0 Å². The predicted octanol–water partition coefficient (Wildman–Crippen LogP) is 5.18. The Morgan fingerprint density at radius 3 is 2.44 bits per heavy atom. The number of aromatic nitrogens is 1. The first-order valence-corrected chi connectivity index (χ1v) is 12.3. The van der Waals surface area contributed by atoms with Gasteiger partial charge in [-0.3, -0.25) is 9.59 Å². The molecule has 0 aliphatic rings. The summed E-state index contributed by atoms with van der Waals surface area (Å²) in [7, 11) is 1.62. The van der Waals surface area contributed by atoms with Crippen molar-refractivity contribution in [1.29, 1.82) is 0 Å².